The number of imidazole rings is 1. The minimum atomic E-state index is -3.52. The van der Waals surface area contributed by atoms with Crippen LogP contribution in [0.15, 0.2) is 11.2 Å². The lowest BCUT2D eigenvalue weighted by molar-refractivity contribution is 0.393. The molecule has 7 heteroatoms. The van der Waals surface area contributed by atoms with E-state index in [9.17, 15) is 8.42 Å². The second-order valence-electron chi connectivity index (χ2n) is 4.75. The Balaban J connectivity index is 2.32. The molecule has 0 aromatic carbocycles. The third-order valence-electron chi connectivity index (χ3n) is 3.49. The van der Waals surface area contributed by atoms with E-state index in [2.05, 4.69) is 4.98 Å². The quantitative estimate of drug-likeness (QED) is 0.848. The molecule has 1 aromatic heterocycles. The number of nitrogens with two attached hydrogens (primary N) is 1. The molecule has 1 atom stereocenters. The summed E-state index contributed by atoms with van der Waals surface area (Å²) in [5, 5.41) is 0.141. The number of aromatic nitrogens is 2. The van der Waals surface area contributed by atoms with Crippen LogP contribution in [0.2, 0.25) is 0 Å². The summed E-state index contributed by atoms with van der Waals surface area (Å²) in [7, 11) is -1.98. The number of aryl methyl sites for hydroxylation is 2. The molecule has 2 N–H and O–H groups in total. The van der Waals surface area contributed by atoms with Crippen molar-refractivity contribution in [3.8, 4) is 0 Å². The van der Waals surface area contributed by atoms with E-state index in [1.165, 1.54) is 4.31 Å². The van der Waals surface area contributed by atoms with Crippen LogP contribution in [0, 0.1) is 0 Å². The van der Waals surface area contributed by atoms with Crippen LogP contribution in [0.3, 0.4) is 0 Å². The van der Waals surface area contributed by atoms with Gasteiger partial charge in [0.25, 0.3) is 10.0 Å². The molecule has 1 aromatic rings. The molecule has 0 saturated carbocycles. The van der Waals surface area contributed by atoms with Crippen molar-refractivity contribution in [3.63, 3.8) is 0 Å². The maximum Gasteiger partial charge on any atom is 0.262 e. The summed E-state index contributed by atoms with van der Waals surface area (Å²) in [4.78, 5) is 4.25. The summed E-state index contributed by atoms with van der Waals surface area (Å²) >= 11 is 0. The molecule has 102 valence electrons. The van der Waals surface area contributed by atoms with Crippen LogP contribution in [-0.4, -0.2) is 41.9 Å². The largest absolute Gasteiger partial charge is 0.333 e. The minimum Gasteiger partial charge on any atom is -0.333 e. The highest BCUT2D eigenvalue weighted by molar-refractivity contribution is 7.89. The molecule has 1 aliphatic rings. The first-order chi connectivity index (χ1) is 8.46. The van der Waals surface area contributed by atoms with Crippen molar-refractivity contribution in [3.05, 3.63) is 12.0 Å². The maximum absolute atomic E-state index is 12.3. The first-order valence-corrected chi connectivity index (χ1v) is 7.65. The van der Waals surface area contributed by atoms with E-state index in [0.717, 1.165) is 31.6 Å². The van der Waals surface area contributed by atoms with Gasteiger partial charge >= 0.3 is 0 Å². The highest BCUT2D eigenvalue weighted by atomic mass is 32.2. The van der Waals surface area contributed by atoms with Crippen molar-refractivity contribution in [2.24, 2.45) is 5.73 Å². The Labute approximate surface area is 108 Å². The van der Waals surface area contributed by atoms with E-state index >= 15 is 0 Å². The van der Waals surface area contributed by atoms with Gasteiger partial charge in [0.2, 0.25) is 0 Å². The van der Waals surface area contributed by atoms with Gasteiger partial charge in [0, 0.05) is 38.8 Å². The summed E-state index contributed by atoms with van der Waals surface area (Å²) < 4.78 is 27.9. The fourth-order valence-electron chi connectivity index (χ4n) is 2.04. The molecule has 2 rings (SSSR count). The SMILES string of the molecule is CC(CN)N(C)S(=O)(=O)c1cn2c(n1)CCCC2. The van der Waals surface area contributed by atoms with Gasteiger partial charge < -0.3 is 10.3 Å². The summed E-state index contributed by atoms with van der Waals surface area (Å²) in [6.45, 7) is 2.94. The Hall–Kier alpha value is -0.920. The number of hydrogen-bond donors (Lipinski definition) is 1. The zero-order valence-electron chi connectivity index (χ0n) is 10.8. The lowest BCUT2D eigenvalue weighted by atomic mass is 10.2. The number of sulfonamides is 1. The van der Waals surface area contributed by atoms with E-state index in [0.29, 0.717) is 6.54 Å². The van der Waals surface area contributed by atoms with Gasteiger partial charge in [0.1, 0.15) is 5.82 Å². The smallest absolute Gasteiger partial charge is 0.262 e. The van der Waals surface area contributed by atoms with Gasteiger partial charge in [0.05, 0.1) is 0 Å². The summed E-state index contributed by atoms with van der Waals surface area (Å²) in [5.74, 6) is 0.869. The molecule has 0 saturated heterocycles. The Morgan fingerprint density at radius 3 is 2.89 bits per heavy atom. The third kappa shape index (κ3) is 2.30. The monoisotopic (exact) mass is 272 g/mol. The molecule has 0 fully saturated rings. The lowest BCUT2D eigenvalue weighted by Gasteiger charge is -2.21. The fraction of sp³-hybridized carbons (Fsp3) is 0.727. The molecule has 0 bridgehead atoms. The molecule has 2 heterocycles. The van der Waals surface area contributed by atoms with E-state index in [1.807, 2.05) is 4.57 Å². The number of likely N-dealkylation sites (N-methyl/N-ethyl adjacent to an activating group) is 1. The van der Waals surface area contributed by atoms with E-state index in [-0.39, 0.29) is 11.1 Å². The summed E-state index contributed by atoms with van der Waals surface area (Å²) in [6.07, 6.45) is 4.65. The van der Waals surface area contributed by atoms with E-state index in [1.54, 1.807) is 20.2 Å². The maximum atomic E-state index is 12.3. The standard InChI is InChI=1S/C11H20N4O2S/c1-9(7-12)14(2)18(16,17)11-8-15-6-4-3-5-10(15)13-11/h8-9H,3-7,12H2,1-2H3. The van der Waals surface area contributed by atoms with Gasteiger partial charge in [0.15, 0.2) is 5.03 Å². The van der Waals surface area contributed by atoms with Crippen molar-refractivity contribution >= 4 is 10.0 Å². The van der Waals surface area contributed by atoms with Crippen LogP contribution in [0.4, 0.5) is 0 Å². The third-order valence-corrected chi connectivity index (χ3v) is 5.34. The molecule has 0 spiro atoms. The highest BCUT2D eigenvalue weighted by Crippen LogP contribution is 2.20. The predicted molar refractivity (Wildman–Crippen MR) is 68.6 cm³/mol. The van der Waals surface area contributed by atoms with Crippen LogP contribution >= 0.6 is 0 Å². The second-order valence-corrected chi connectivity index (χ2v) is 6.70. The number of nitrogens with zero attached hydrogens (tertiary/aromatic N) is 3. The van der Waals surface area contributed by atoms with Crippen molar-refractivity contribution in [1.29, 1.82) is 0 Å². The minimum absolute atomic E-state index is 0.141. The van der Waals surface area contributed by atoms with Crippen molar-refractivity contribution in [1.82, 2.24) is 13.9 Å². The molecule has 0 amide bonds. The molecular formula is C11H20N4O2S. The average Bonchev–Trinajstić information content (AvgIpc) is 2.81. The summed E-state index contributed by atoms with van der Waals surface area (Å²) in [6, 6.07) is -0.228. The van der Waals surface area contributed by atoms with Crippen LogP contribution in [-0.2, 0) is 23.0 Å². The van der Waals surface area contributed by atoms with Crippen LogP contribution < -0.4 is 5.73 Å². The predicted octanol–water partition coefficient (Wildman–Crippen LogP) is 0.187. The topological polar surface area (TPSA) is 81.2 Å². The van der Waals surface area contributed by atoms with Crippen LogP contribution in [0.25, 0.3) is 0 Å². The Kier molecular flexibility index (Phi) is 3.74. The number of hydrogen-bond acceptors (Lipinski definition) is 4. The van der Waals surface area contributed by atoms with Gasteiger partial charge in [-0.2, -0.15) is 4.31 Å². The molecule has 0 radical (unpaired) electrons. The average molecular weight is 272 g/mol. The van der Waals surface area contributed by atoms with Crippen molar-refractivity contribution in [2.45, 2.75) is 43.8 Å². The number of rotatable bonds is 4. The molecule has 1 aliphatic heterocycles. The van der Waals surface area contributed by atoms with Gasteiger partial charge in [-0.25, -0.2) is 13.4 Å². The second kappa shape index (κ2) is 4.99. The van der Waals surface area contributed by atoms with Gasteiger partial charge in [-0.3, -0.25) is 0 Å². The first kappa shape index (κ1) is 13.5. The summed E-state index contributed by atoms with van der Waals surface area (Å²) in [5.41, 5.74) is 5.51. The molecule has 1 unspecified atom stereocenters. The van der Waals surface area contributed by atoms with Gasteiger partial charge in [-0.15, -0.1) is 0 Å². The highest BCUT2D eigenvalue weighted by Gasteiger charge is 2.28. The first-order valence-electron chi connectivity index (χ1n) is 6.21. The molecule has 0 aliphatic carbocycles. The zero-order valence-corrected chi connectivity index (χ0v) is 11.7. The molecule has 18 heavy (non-hydrogen) atoms. The normalized spacial score (nSPS) is 17.8. The van der Waals surface area contributed by atoms with Gasteiger partial charge in [-0.05, 0) is 19.8 Å². The Bertz CT molecular complexity index is 500. The van der Waals surface area contributed by atoms with E-state index < -0.39 is 10.0 Å². The van der Waals surface area contributed by atoms with Crippen LogP contribution in [0.5, 0.6) is 0 Å². The van der Waals surface area contributed by atoms with Gasteiger partial charge in [-0.1, -0.05) is 0 Å². The molecular weight excluding hydrogens is 252 g/mol. The zero-order chi connectivity index (χ0) is 13.3. The van der Waals surface area contributed by atoms with Crippen molar-refractivity contribution < 1.29 is 8.42 Å². The van der Waals surface area contributed by atoms with Crippen LogP contribution in [0.1, 0.15) is 25.6 Å². The Morgan fingerprint density at radius 2 is 2.28 bits per heavy atom. The lowest BCUT2D eigenvalue weighted by Crippen LogP contribution is -2.39. The fourth-order valence-corrected chi connectivity index (χ4v) is 3.38. The molecule has 6 nitrogen and oxygen atoms in total. The number of fused-ring (bicyclic) bond motifs is 1. The van der Waals surface area contributed by atoms with Crippen molar-refractivity contribution in [2.75, 3.05) is 13.6 Å². The van der Waals surface area contributed by atoms with E-state index in [4.69, 9.17) is 5.73 Å². The Morgan fingerprint density at radius 1 is 1.56 bits per heavy atom.